The van der Waals surface area contributed by atoms with Crippen LogP contribution in [0.5, 0.6) is 0 Å². The summed E-state index contributed by atoms with van der Waals surface area (Å²) in [4.78, 5) is 10.5. The van der Waals surface area contributed by atoms with E-state index >= 15 is 0 Å². The van der Waals surface area contributed by atoms with E-state index in [0.29, 0.717) is 37.0 Å². The molecule has 2 aliphatic carbocycles. The summed E-state index contributed by atoms with van der Waals surface area (Å²) in [6, 6.07) is 0. The van der Waals surface area contributed by atoms with Gasteiger partial charge in [-0.05, 0) is 62.4 Å². The Labute approximate surface area is 162 Å². The van der Waals surface area contributed by atoms with Crippen molar-refractivity contribution in [2.45, 2.75) is 58.0 Å². The van der Waals surface area contributed by atoms with Gasteiger partial charge in [-0.3, -0.25) is 0 Å². The Morgan fingerprint density at radius 1 is 1.44 bits per heavy atom. The molecule has 0 radical (unpaired) electrons. The topological polar surface area (TPSA) is 87.0 Å². The normalized spacial score (nSPS) is 28.7. The van der Waals surface area contributed by atoms with Gasteiger partial charge in [-0.2, -0.15) is 0 Å². The molecule has 0 saturated heterocycles. The lowest BCUT2D eigenvalue weighted by Crippen LogP contribution is -2.22. The van der Waals surface area contributed by atoms with Crippen molar-refractivity contribution in [2.75, 3.05) is 13.2 Å². The third-order valence-electron chi connectivity index (χ3n) is 5.86. The maximum absolute atomic E-state index is 10.6. The van der Waals surface area contributed by atoms with Crippen LogP contribution in [-0.2, 0) is 9.53 Å². The van der Waals surface area contributed by atoms with E-state index in [1.165, 1.54) is 5.57 Å². The number of aliphatic hydroxyl groups excluding tert-OH is 2. The molecule has 0 heterocycles. The third-order valence-corrected chi connectivity index (χ3v) is 5.86. The summed E-state index contributed by atoms with van der Waals surface area (Å²) in [7, 11) is 0. The van der Waals surface area contributed by atoms with Gasteiger partial charge in [0.15, 0.2) is 0 Å². The fourth-order valence-corrected chi connectivity index (χ4v) is 4.45. The second-order valence-electron chi connectivity index (χ2n) is 8.07. The first-order chi connectivity index (χ1) is 12.9. The van der Waals surface area contributed by atoms with Crippen LogP contribution in [0.4, 0.5) is 0 Å². The number of unbranched alkanes of at least 4 members (excludes halogenated alkanes) is 1. The first-order valence-corrected chi connectivity index (χ1v) is 10.1. The van der Waals surface area contributed by atoms with Gasteiger partial charge in [0.25, 0.3) is 0 Å². The fraction of sp³-hybridized carbons (Fsp3) is 0.682. The second-order valence-corrected chi connectivity index (χ2v) is 8.07. The minimum absolute atomic E-state index is 0.191. The van der Waals surface area contributed by atoms with Crippen molar-refractivity contribution in [3.05, 3.63) is 36.1 Å². The molecule has 5 nitrogen and oxygen atoms in total. The van der Waals surface area contributed by atoms with Crippen LogP contribution in [0.2, 0.25) is 0 Å². The van der Waals surface area contributed by atoms with E-state index in [0.717, 1.165) is 32.1 Å². The van der Waals surface area contributed by atoms with Gasteiger partial charge in [0, 0.05) is 5.92 Å². The Hall–Kier alpha value is -1.59. The first kappa shape index (κ1) is 21.7. The zero-order valence-corrected chi connectivity index (χ0v) is 16.3. The van der Waals surface area contributed by atoms with Crippen molar-refractivity contribution in [3.63, 3.8) is 0 Å². The van der Waals surface area contributed by atoms with Crippen LogP contribution in [0.25, 0.3) is 0 Å². The zero-order chi connectivity index (χ0) is 19.8. The number of carbonyl (C=O) groups is 1. The van der Waals surface area contributed by atoms with E-state index in [2.05, 4.69) is 19.6 Å². The van der Waals surface area contributed by atoms with Crippen molar-refractivity contribution in [2.24, 2.45) is 23.7 Å². The van der Waals surface area contributed by atoms with Crippen molar-refractivity contribution in [1.82, 2.24) is 0 Å². The maximum atomic E-state index is 10.6. The van der Waals surface area contributed by atoms with Crippen LogP contribution in [0.15, 0.2) is 36.1 Å². The molecule has 1 fully saturated rings. The number of hydrogen-bond donors (Lipinski definition) is 3. The lowest BCUT2D eigenvalue weighted by molar-refractivity contribution is -0.142. The summed E-state index contributed by atoms with van der Waals surface area (Å²) in [6.07, 6.45) is 11.9. The van der Waals surface area contributed by atoms with Crippen molar-refractivity contribution >= 4 is 5.97 Å². The molecule has 0 spiro atoms. The molecule has 27 heavy (non-hydrogen) atoms. The summed E-state index contributed by atoms with van der Waals surface area (Å²) in [5, 5.41) is 29.7. The molecule has 5 heteroatoms. The van der Waals surface area contributed by atoms with Gasteiger partial charge in [0.2, 0.25) is 0 Å². The van der Waals surface area contributed by atoms with E-state index in [4.69, 9.17) is 9.84 Å². The third kappa shape index (κ3) is 6.51. The second kappa shape index (κ2) is 10.7. The van der Waals surface area contributed by atoms with Crippen LogP contribution in [0.3, 0.4) is 0 Å². The average Bonchev–Trinajstić information content (AvgIpc) is 3.12. The molecule has 5 atom stereocenters. The quantitative estimate of drug-likeness (QED) is 0.268. The zero-order valence-electron chi connectivity index (χ0n) is 16.3. The molecule has 152 valence electrons. The first-order valence-electron chi connectivity index (χ1n) is 10.1. The number of aliphatic carboxylic acids is 1. The minimum atomic E-state index is -0.954. The van der Waals surface area contributed by atoms with Crippen molar-refractivity contribution in [3.8, 4) is 0 Å². The molecule has 2 rings (SSSR count). The van der Waals surface area contributed by atoms with Gasteiger partial charge >= 0.3 is 5.97 Å². The van der Waals surface area contributed by atoms with E-state index < -0.39 is 12.1 Å². The van der Waals surface area contributed by atoms with Gasteiger partial charge < -0.3 is 20.1 Å². The molecule has 0 aromatic heterocycles. The summed E-state index contributed by atoms with van der Waals surface area (Å²) in [6.45, 7) is 6.06. The number of carboxylic acids is 1. The monoisotopic (exact) mass is 378 g/mol. The molecular formula is C22H34O5. The Morgan fingerprint density at radius 2 is 2.22 bits per heavy atom. The lowest BCUT2D eigenvalue weighted by atomic mass is 9.87. The lowest BCUT2D eigenvalue weighted by Gasteiger charge is -2.22. The van der Waals surface area contributed by atoms with Crippen LogP contribution in [-0.4, -0.2) is 40.6 Å². The SMILES string of the molecule is C=CCCCC(C)CC=C(O)[C@H]1[C@@H]2CC(CCOCC(=O)O)=C[C@@H]2C[C@@H]1O. The highest BCUT2D eigenvalue weighted by atomic mass is 16.5. The number of hydrogen-bond acceptors (Lipinski definition) is 4. The van der Waals surface area contributed by atoms with Gasteiger partial charge in [0.1, 0.15) is 6.61 Å². The van der Waals surface area contributed by atoms with Gasteiger partial charge in [0.05, 0.1) is 18.5 Å². The summed E-state index contributed by atoms with van der Waals surface area (Å²) in [5.41, 5.74) is 1.25. The maximum Gasteiger partial charge on any atom is 0.329 e. The Morgan fingerprint density at radius 3 is 2.93 bits per heavy atom. The van der Waals surface area contributed by atoms with Crippen LogP contribution in [0.1, 0.15) is 51.9 Å². The number of aliphatic hydroxyl groups is 2. The minimum Gasteiger partial charge on any atom is -0.512 e. The van der Waals surface area contributed by atoms with Crippen LogP contribution >= 0.6 is 0 Å². The molecule has 0 aromatic carbocycles. The van der Waals surface area contributed by atoms with Crippen molar-refractivity contribution in [1.29, 1.82) is 0 Å². The molecule has 0 aliphatic heterocycles. The smallest absolute Gasteiger partial charge is 0.329 e. The van der Waals surface area contributed by atoms with E-state index in [1.54, 1.807) is 0 Å². The van der Waals surface area contributed by atoms with Gasteiger partial charge in [-0.1, -0.05) is 31.1 Å². The number of allylic oxidation sites excluding steroid dienone is 3. The van der Waals surface area contributed by atoms with Gasteiger partial charge in [-0.15, -0.1) is 6.58 Å². The molecule has 2 aliphatic rings. The summed E-state index contributed by atoms with van der Waals surface area (Å²) >= 11 is 0. The molecule has 0 bridgehead atoms. The molecular weight excluding hydrogens is 344 g/mol. The standard InChI is InChI=1S/C22H34O5/c1-3-4-5-6-15(2)7-8-19(23)22-18-12-16(9-10-27-14-21(25)26)11-17(18)13-20(22)24/h3,8,11,15,17-18,20,22-24H,1,4-7,9-10,12-14H2,2H3,(H,25,26)/t15?,17-,18-,20+,22-/m1/s1. The molecule has 0 amide bonds. The summed E-state index contributed by atoms with van der Waals surface area (Å²) < 4.78 is 5.12. The molecule has 1 unspecified atom stereocenters. The average molecular weight is 379 g/mol. The van der Waals surface area contributed by atoms with Crippen LogP contribution in [0, 0.1) is 23.7 Å². The number of carboxylic acid groups (broad SMARTS) is 1. The van der Waals surface area contributed by atoms with E-state index in [-0.39, 0.29) is 18.4 Å². The van der Waals surface area contributed by atoms with E-state index in [9.17, 15) is 15.0 Å². The Balaban J connectivity index is 1.83. The van der Waals surface area contributed by atoms with E-state index in [1.807, 2.05) is 12.2 Å². The number of fused-ring (bicyclic) bond motifs is 1. The Kier molecular flexibility index (Phi) is 8.58. The predicted molar refractivity (Wildman–Crippen MR) is 105 cm³/mol. The molecule has 1 saturated carbocycles. The van der Waals surface area contributed by atoms with Gasteiger partial charge in [-0.25, -0.2) is 4.79 Å². The predicted octanol–water partition coefficient (Wildman–Crippen LogP) is 4.25. The molecule has 0 aromatic rings. The number of rotatable bonds is 12. The van der Waals surface area contributed by atoms with Crippen LogP contribution < -0.4 is 0 Å². The highest BCUT2D eigenvalue weighted by Crippen LogP contribution is 2.49. The number of ether oxygens (including phenoxy) is 1. The van der Waals surface area contributed by atoms with Crippen molar-refractivity contribution < 1.29 is 24.9 Å². The largest absolute Gasteiger partial charge is 0.512 e. The highest BCUT2D eigenvalue weighted by molar-refractivity contribution is 5.67. The summed E-state index contributed by atoms with van der Waals surface area (Å²) in [5.74, 6) is 0.225. The molecule has 3 N–H and O–H groups in total. The fourth-order valence-electron chi connectivity index (χ4n) is 4.45. The highest BCUT2D eigenvalue weighted by Gasteiger charge is 2.46. The Bertz CT molecular complexity index is 565.